The zero-order valence-electron chi connectivity index (χ0n) is 9.33. The monoisotopic (exact) mass is 205 g/mol. The Morgan fingerprint density at radius 2 is 2.07 bits per heavy atom. The highest BCUT2D eigenvalue weighted by Gasteiger charge is 2.18. The van der Waals surface area contributed by atoms with Crippen molar-refractivity contribution in [2.24, 2.45) is 0 Å². The number of benzene rings is 1. The number of hydrogen-bond acceptors (Lipinski definition) is 1. The van der Waals surface area contributed by atoms with Crippen LogP contribution in [0.4, 0.5) is 0 Å². The summed E-state index contributed by atoms with van der Waals surface area (Å²) >= 11 is 0. The smallest absolute Gasteiger partial charge is 0.119 e. The van der Waals surface area contributed by atoms with E-state index in [2.05, 4.69) is 25.2 Å². The molecule has 1 saturated heterocycles. The Hall–Kier alpha value is -1.02. The summed E-state index contributed by atoms with van der Waals surface area (Å²) in [6.07, 6.45) is 2.48. The molecule has 1 heterocycles. The van der Waals surface area contributed by atoms with E-state index >= 15 is 0 Å². The zero-order valence-corrected chi connectivity index (χ0v) is 9.33. The lowest BCUT2D eigenvalue weighted by Crippen LogP contribution is -3.07. The molecule has 1 aromatic carbocycles. The van der Waals surface area contributed by atoms with Crippen molar-refractivity contribution in [1.29, 1.82) is 0 Å². The highest BCUT2D eigenvalue weighted by molar-refractivity contribution is 5.30. The van der Waals surface area contributed by atoms with E-state index < -0.39 is 0 Å². The van der Waals surface area contributed by atoms with Gasteiger partial charge in [0.1, 0.15) is 5.75 Å². The second kappa shape index (κ2) is 4.67. The summed E-state index contributed by atoms with van der Waals surface area (Å²) in [7, 11) is 5.78. The fourth-order valence-electron chi connectivity index (χ4n) is 2.25. The van der Waals surface area contributed by atoms with Crippen molar-refractivity contribution in [2.45, 2.75) is 18.8 Å². The standard InChI is InChI=1S/C13H19NO/c1-14-8-6-11(7-9-14)12-4-3-5-13(10-12)15-2/h3-5,10-11,14H,1,6-9H2,2H3. The molecule has 2 heteroatoms. The fourth-order valence-corrected chi connectivity index (χ4v) is 2.25. The minimum atomic E-state index is 0.700. The first-order chi connectivity index (χ1) is 7.29. The topological polar surface area (TPSA) is 13.7 Å². The van der Waals surface area contributed by atoms with E-state index in [-0.39, 0.29) is 0 Å². The van der Waals surface area contributed by atoms with Crippen LogP contribution >= 0.6 is 0 Å². The van der Waals surface area contributed by atoms with Crippen molar-refractivity contribution in [3.63, 3.8) is 0 Å². The van der Waals surface area contributed by atoms with Crippen LogP contribution in [0.1, 0.15) is 24.3 Å². The van der Waals surface area contributed by atoms with Crippen LogP contribution in [0.3, 0.4) is 0 Å². The zero-order chi connectivity index (χ0) is 10.7. The third-order valence-electron chi connectivity index (χ3n) is 3.26. The molecule has 0 amide bonds. The third-order valence-corrected chi connectivity index (χ3v) is 3.26. The quantitative estimate of drug-likeness (QED) is 0.717. The van der Waals surface area contributed by atoms with Crippen LogP contribution in [-0.2, 0) is 0 Å². The van der Waals surface area contributed by atoms with Gasteiger partial charge in [0.2, 0.25) is 0 Å². The van der Waals surface area contributed by atoms with Gasteiger partial charge in [0, 0.05) is 12.8 Å². The van der Waals surface area contributed by atoms with Gasteiger partial charge in [-0.2, -0.15) is 7.05 Å². The van der Waals surface area contributed by atoms with Crippen molar-refractivity contribution in [3.8, 4) is 5.75 Å². The Morgan fingerprint density at radius 1 is 1.33 bits per heavy atom. The highest BCUT2D eigenvalue weighted by Crippen LogP contribution is 2.26. The van der Waals surface area contributed by atoms with Crippen LogP contribution in [0.2, 0.25) is 0 Å². The van der Waals surface area contributed by atoms with E-state index in [1.54, 1.807) is 7.11 Å². The summed E-state index contributed by atoms with van der Waals surface area (Å²) in [6, 6.07) is 8.46. The minimum absolute atomic E-state index is 0.700. The number of nitrogens with one attached hydrogen (secondary N) is 1. The first-order valence-corrected chi connectivity index (χ1v) is 5.60. The third kappa shape index (κ3) is 2.51. The average molecular weight is 205 g/mol. The summed E-state index contributed by atoms with van der Waals surface area (Å²) < 4.78 is 5.25. The summed E-state index contributed by atoms with van der Waals surface area (Å²) in [4.78, 5) is 1.41. The maximum absolute atomic E-state index is 5.25. The number of piperidine rings is 1. The first kappa shape index (κ1) is 10.5. The van der Waals surface area contributed by atoms with Gasteiger partial charge < -0.3 is 9.64 Å². The molecule has 1 fully saturated rings. The van der Waals surface area contributed by atoms with E-state index in [1.807, 2.05) is 6.07 Å². The van der Waals surface area contributed by atoms with Gasteiger partial charge >= 0.3 is 0 Å². The summed E-state index contributed by atoms with van der Waals surface area (Å²) in [5.74, 6) is 1.67. The number of rotatable bonds is 2. The summed E-state index contributed by atoms with van der Waals surface area (Å²) in [6.45, 7) is 2.36. The van der Waals surface area contributed by atoms with E-state index in [9.17, 15) is 0 Å². The molecule has 1 N–H and O–H groups in total. The molecule has 82 valence electrons. The molecule has 0 spiro atoms. The average Bonchev–Trinajstić information content (AvgIpc) is 2.30. The second-order valence-corrected chi connectivity index (χ2v) is 4.30. The maximum Gasteiger partial charge on any atom is 0.119 e. The van der Waals surface area contributed by atoms with Crippen LogP contribution in [-0.4, -0.2) is 20.2 Å². The van der Waals surface area contributed by atoms with Crippen LogP contribution in [0.5, 0.6) is 5.75 Å². The molecule has 0 bridgehead atoms. The molecular formula is C13H19NO. The van der Waals surface area contributed by atoms with Gasteiger partial charge in [0.15, 0.2) is 0 Å². The Kier molecular flexibility index (Phi) is 3.27. The molecule has 0 radical (unpaired) electrons. The Balaban J connectivity index is 2.08. The lowest BCUT2D eigenvalue weighted by Gasteiger charge is -2.31. The van der Waals surface area contributed by atoms with E-state index in [4.69, 9.17) is 4.74 Å². The number of likely N-dealkylation sites (tertiary alicyclic amines) is 1. The van der Waals surface area contributed by atoms with Gasteiger partial charge in [0.25, 0.3) is 0 Å². The Bertz CT molecular complexity index is 316. The molecule has 0 aliphatic carbocycles. The molecule has 15 heavy (non-hydrogen) atoms. The predicted octanol–water partition coefficient (Wildman–Crippen LogP) is 1.25. The van der Waals surface area contributed by atoms with Crippen molar-refractivity contribution in [1.82, 2.24) is 0 Å². The molecule has 1 aliphatic rings. The van der Waals surface area contributed by atoms with Gasteiger partial charge in [-0.25, -0.2) is 0 Å². The normalized spacial score (nSPS) is 26.3. The minimum Gasteiger partial charge on any atom is -0.497 e. The summed E-state index contributed by atoms with van der Waals surface area (Å²) in [5.41, 5.74) is 1.42. The molecule has 0 aromatic heterocycles. The van der Waals surface area contributed by atoms with Crippen molar-refractivity contribution < 1.29 is 9.64 Å². The molecule has 2 rings (SSSR count). The molecule has 2 nitrogen and oxygen atoms in total. The van der Waals surface area contributed by atoms with Crippen LogP contribution < -0.4 is 9.64 Å². The lowest BCUT2D eigenvalue weighted by atomic mass is 9.89. The predicted molar refractivity (Wildman–Crippen MR) is 61.0 cm³/mol. The molecule has 0 saturated carbocycles. The largest absolute Gasteiger partial charge is 0.497 e. The number of methoxy groups -OCH3 is 1. The SMILES string of the molecule is [CH2-][NH+]1CCC(c2cccc(OC)c2)CC1. The number of quaternary nitrogens is 1. The number of hydrogen-bond donors (Lipinski definition) is 1. The number of ether oxygens (including phenoxy) is 1. The molecule has 1 aromatic rings. The lowest BCUT2D eigenvalue weighted by molar-refractivity contribution is -0.859. The van der Waals surface area contributed by atoms with Gasteiger partial charge in [-0.3, -0.25) is 0 Å². The van der Waals surface area contributed by atoms with Crippen LogP contribution in [0, 0.1) is 7.05 Å². The van der Waals surface area contributed by atoms with E-state index in [0.717, 1.165) is 5.75 Å². The van der Waals surface area contributed by atoms with E-state index in [0.29, 0.717) is 5.92 Å². The van der Waals surface area contributed by atoms with Crippen molar-refractivity contribution >= 4 is 0 Å². The first-order valence-electron chi connectivity index (χ1n) is 5.60. The molecular weight excluding hydrogens is 186 g/mol. The Morgan fingerprint density at radius 3 is 2.73 bits per heavy atom. The van der Waals surface area contributed by atoms with E-state index in [1.165, 1.54) is 36.4 Å². The maximum atomic E-state index is 5.25. The Labute approximate surface area is 91.9 Å². The van der Waals surface area contributed by atoms with Crippen LogP contribution in [0.25, 0.3) is 0 Å². The summed E-state index contributed by atoms with van der Waals surface area (Å²) in [5, 5.41) is 0. The van der Waals surface area contributed by atoms with Crippen molar-refractivity contribution in [2.75, 3.05) is 20.2 Å². The van der Waals surface area contributed by atoms with Gasteiger partial charge in [0.05, 0.1) is 20.2 Å². The van der Waals surface area contributed by atoms with Gasteiger partial charge in [-0.05, 0) is 23.6 Å². The molecule has 0 atom stereocenters. The molecule has 1 aliphatic heterocycles. The fraction of sp³-hybridized carbons (Fsp3) is 0.462. The second-order valence-electron chi connectivity index (χ2n) is 4.30. The van der Waals surface area contributed by atoms with Gasteiger partial charge in [-0.1, -0.05) is 12.1 Å². The molecule has 0 unspecified atom stereocenters. The van der Waals surface area contributed by atoms with Gasteiger partial charge in [-0.15, -0.1) is 0 Å². The van der Waals surface area contributed by atoms with Crippen LogP contribution in [0.15, 0.2) is 24.3 Å². The highest BCUT2D eigenvalue weighted by atomic mass is 16.5. The van der Waals surface area contributed by atoms with Crippen molar-refractivity contribution in [3.05, 3.63) is 36.9 Å².